The van der Waals surface area contributed by atoms with Crippen LogP contribution in [0, 0.1) is 12.3 Å². The van der Waals surface area contributed by atoms with Gasteiger partial charge in [0.05, 0.1) is 0 Å². The molecule has 0 bridgehead atoms. The molecule has 0 amide bonds. The molecule has 7 heteroatoms. The van der Waals surface area contributed by atoms with Crippen LogP contribution in [0.1, 0.15) is 44.3 Å². The van der Waals surface area contributed by atoms with E-state index >= 15 is 0 Å². The van der Waals surface area contributed by atoms with Gasteiger partial charge in [-0.05, 0) is 43.0 Å². The molecule has 0 fully saturated rings. The summed E-state index contributed by atoms with van der Waals surface area (Å²) >= 11 is 0. The van der Waals surface area contributed by atoms with Crippen LogP contribution in [0.15, 0.2) is 52.3 Å². The summed E-state index contributed by atoms with van der Waals surface area (Å²) in [6.07, 6.45) is 4.71. The zero-order valence-corrected chi connectivity index (χ0v) is 16.1. The number of nitrogens with one attached hydrogen (secondary N) is 1. The van der Waals surface area contributed by atoms with E-state index in [-0.39, 0.29) is 11.2 Å². The number of furan rings is 1. The van der Waals surface area contributed by atoms with E-state index in [1.165, 1.54) is 0 Å². The lowest BCUT2D eigenvalue weighted by Gasteiger charge is -2.37. The molecule has 1 N–H and O–H groups in total. The minimum Gasteiger partial charge on any atom is -0.464 e. The van der Waals surface area contributed by atoms with Crippen molar-refractivity contribution in [3.63, 3.8) is 0 Å². The molecule has 7 nitrogen and oxygen atoms in total. The second-order valence-electron chi connectivity index (χ2n) is 8.25. The van der Waals surface area contributed by atoms with Crippen LogP contribution in [-0.2, 0) is 4.79 Å². The van der Waals surface area contributed by atoms with Crippen molar-refractivity contribution in [1.29, 1.82) is 0 Å². The van der Waals surface area contributed by atoms with Gasteiger partial charge in [-0.3, -0.25) is 9.78 Å². The quantitative estimate of drug-likeness (QED) is 0.731. The van der Waals surface area contributed by atoms with Gasteiger partial charge in [0.1, 0.15) is 17.6 Å². The van der Waals surface area contributed by atoms with Crippen molar-refractivity contribution in [2.75, 3.05) is 5.32 Å². The molecule has 1 atom stereocenters. The number of carbonyl (C=O) groups excluding carboxylic acids is 1. The minimum absolute atomic E-state index is 0.0946. The Morgan fingerprint density at radius 1 is 1.18 bits per heavy atom. The maximum absolute atomic E-state index is 13.1. The van der Waals surface area contributed by atoms with E-state index < -0.39 is 6.04 Å². The highest BCUT2D eigenvalue weighted by atomic mass is 16.3. The first-order valence-electron chi connectivity index (χ1n) is 9.38. The maximum atomic E-state index is 13.1. The van der Waals surface area contributed by atoms with Crippen LogP contribution in [0.25, 0.3) is 11.4 Å². The number of nitrogens with zero attached hydrogens (tertiary/aromatic N) is 4. The first-order valence-corrected chi connectivity index (χ1v) is 9.38. The van der Waals surface area contributed by atoms with Gasteiger partial charge in [-0.1, -0.05) is 13.8 Å². The number of rotatable bonds is 2. The fourth-order valence-corrected chi connectivity index (χ4v) is 4.10. The number of aryl methyl sites for hydroxylation is 1. The maximum Gasteiger partial charge on any atom is 0.227 e. The molecule has 3 aromatic rings. The molecule has 1 aliphatic carbocycles. The first kappa shape index (κ1) is 16.9. The molecule has 0 saturated carbocycles. The van der Waals surface area contributed by atoms with E-state index in [4.69, 9.17) is 14.5 Å². The van der Waals surface area contributed by atoms with Gasteiger partial charge in [0, 0.05) is 35.6 Å². The predicted molar refractivity (Wildman–Crippen MR) is 104 cm³/mol. The molecule has 0 saturated heterocycles. The number of allylic oxidation sites excluding steroid dienone is 2. The standard InChI is InChI=1S/C21H21N5O2/c1-12-4-5-16(28-12)18-17-14(10-21(2,3)11-15(17)27)23-20-24-19(25-26(18)20)13-6-8-22-9-7-13/h4-9,18H,10-11H2,1-3H3,(H,23,24,25). The van der Waals surface area contributed by atoms with Gasteiger partial charge in [-0.25, -0.2) is 4.68 Å². The van der Waals surface area contributed by atoms with Crippen LogP contribution in [0.4, 0.5) is 5.95 Å². The molecule has 3 aromatic heterocycles. The molecular weight excluding hydrogens is 354 g/mol. The Labute approximate surface area is 162 Å². The minimum atomic E-state index is -0.411. The zero-order chi connectivity index (χ0) is 19.5. The molecule has 1 unspecified atom stereocenters. The number of aromatic nitrogens is 4. The van der Waals surface area contributed by atoms with Crippen molar-refractivity contribution >= 4 is 11.7 Å². The molecule has 0 aromatic carbocycles. The molecule has 142 valence electrons. The predicted octanol–water partition coefficient (Wildman–Crippen LogP) is 3.90. The second kappa shape index (κ2) is 5.89. The average Bonchev–Trinajstić information content (AvgIpc) is 3.25. The summed E-state index contributed by atoms with van der Waals surface area (Å²) in [5.74, 6) is 2.84. The van der Waals surface area contributed by atoms with E-state index in [1.807, 2.05) is 31.2 Å². The average molecular weight is 375 g/mol. The highest BCUT2D eigenvalue weighted by Gasteiger charge is 2.43. The van der Waals surface area contributed by atoms with Gasteiger partial charge in [0.2, 0.25) is 5.95 Å². The van der Waals surface area contributed by atoms with Crippen LogP contribution < -0.4 is 5.32 Å². The number of pyridine rings is 1. The van der Waals surface area contributed by atoms with Crippen molar-refractivity contribution < 1.29 is 9.21 Å². The number of fused-ring (bicyclic) bond motifs is 1. The first-order chi connectivity index (χ1) is 13.4. The Morgan fingerprint density at radius 2 is 1.96 bits per heavy atom. The summed E-state index contributed by atoms with van der Waals surface area (Å²) in [5, 5.41) is 8.09. The summed E-state index contributed by atoms with van der Waals surface area (Å²) < 4.78 is 7.70. The van der Waals surface area contributed by atoms with E-state index in [0.717, 1.165) is 29.0 Å². The molecule has 5 rings (SSSR count). The molecule has 1 aliphatic heterocycles. The Balaban J connectivity index is 1.68. The van der Waals surface area contributed by atoms with Crippen molar-refractivity contribution in [3.05, 3.63) is 59.4 Å². The number of Topliss-reactive ketones (excluding diaryl/α,β-unsaturated/α-hetero) is 1. The molecule has 28 heavy (non-hydrogen) atoms. The zero-order valence-electron chi connectivity index (χ0n) is 16.1. The highest BCUT2D eigenvalue weighted by molar-refractivity contribution is 6.00. The van der Waals surface area contributed by atoms with E-state index in [2.05, 4.69) is 24.1 Å². The van der Waals surface area contributed by atoms with Crippen molar-refractivity contribution in [3.8, 4) is 11.4 Å². The van der Waals surface area contributed by atoms with E-state index in [1.54, 1.807) is 17.1 Å². The fraction of sp³-hybridized carbons (Fsp3) is 0.333. The van der Waals surface area contributed by atoms with Crippen molar-refractivity contribution in [1.82, 2.24) is 19.7 Å². The normalized spacial score (nSPS) is 20.5. The monoisotopic (exact) mass is 375 g/mol. The number of hydrogen-bond donors (Lipinski definition) is 1. The molecule has 4 heterocycles. The third-order valence-corrected chi connectivity index (χ3v) is 5.30. The van der Waals surface area contributed by atoms with E-state index in [9.17, 15) is 4.79 Å². The van der Waals surface area contributed by atoms with Gasteiger partial charge in [0.25, 0.3) is 0 Å². The van der Waals surface area contributed by atoms with Gasteiger partial charge in [0.15, 0.2) is 11.6 Å². The lowest BCUT2D eigenvalue weighted by atomic mass is 9.73. The van der Waals surface area contributed by atoms with Crippen LogP contribution in [-0.4, -0.2) is 25.5 Å². The Bertz CT molecular complexity index is 1110. The number of anilines is 1. The highest BCUT2D eigenvalue weighted by Crippen LogP contribution is 2.45. The van der Waals surface area contributed by atoms with Gasteiger partial charge >= 0.3 is 0 Å². The molecule has 0 radical (unpaired) electrons. The summed E-state index contributed by atoms with van der Waals surface area (Å²) in [7, 11) is 0. The molecular formula is C21H21N5O2. The topological polar surface area (TPSA) is 85.8 Å². The SMILES string of the molecule is Cc1ccc(C2C3=C(CC(C)(C)CC3=O)Nc3nc(-c4ccncc4)nn32)o1. The second-order valence-corrected chi connectivity index (χ2v) is 8.25. The largest absolute Gasteiger partial charge is 0.464 e. The van der Waals surface area contributed by atoms with Crippen LogP contribution >= 0.6 is 0 Å². The Hall–Kier alpha value is -3.22. The lowest BCUT2D eigenvalue weighted by Crippen LogP contribution is -2.36. The van der Waals surface area contributed by atoms with Crippen LogP contribution in [0.2, 0.25) is 0 Å². The van der Waals surface area contributed by atoms with Crippen LogP contribution in [0.5, 0.6) is 0 Å². The Morgan fingerprint density at radius 3 is 2.68 bits per heavy atom. The summed E-state index contributed by atoms with van der Waals surface area (Å²) in [5.41, 5.74) is 2.43. The summed E-state index contributed by atoms with van der Waals surface area (Å²) in [6, 6.07) is 7.16. The lowest BCUT2D eigenvalue weighted by molar-refractivity contribution is -0.118. The molecule has 0 spiro atoms. The number of hydrogen-bond acceptors (Lipinski definition) is 6. The Kier molecular flexibility index (Phi) is 3.56. The van der Waals surface area contributed by atoms with Crippen LogP contribution in [0.3, 0.4) is 0 Å². The third-order valence-electron chi connectivity index (χ3n) is 5.30. The smallest absolute Gasteiger partial charge is 0.227 e. The van der Waals surface area contributed by atoms with Gasteiger partial charge in [-0.15, -0.1) is 5.10 Å². The van der Waals surface area contributed by atoms with Crippen molar-refractivity contribution in [2.24, 2.45) is 5.41 Å². The number of carbonyl (C=O) groups is 1. The van der Waals surface area contributed by atoms with Crippen molar-refractivity contribution in [2.45, 2.75) is 39.7 Å². The van der Waals surface area contributed by atoms with Gasteiger partial charge < -0.3 is 9.73 Å². The third kappa shape index (κ3) is 2.66. The van der Waals surface area contributed by atoms with Gasteiger partial charge in [-0.2, -0.15) is 4.98 Å². The number of ketones is 1. The summed E-state index contributed by atoms with van der Waals surface area (Å²) in [6.45, 7) is 6.13. The fourth-order valence-electron chi connectivity index (χ4n) is 4.10. The summed E-state index contributed by atoms with van der Waals surface area (Å²) in [4.78, 5) is 21.9. The van der Waals surface area contributed by atoms with E-state index in [0.29, 0.717) is 24.0 Å². The molecule has 2 aliphatic rings.